The van der Waals surface area contributed by atoms with Crippen LogP contribution < -0.4 is 0 Å². The Morgan fingerprint density at radius 1 is 1.38 bits per heavy atom. The van der Waals surface area contributed by atoms with Crippen LogP contribution in [0.15, 0.2) is 53.3 Å². The number of thiophene rings is 1. The van der Waals surface area contributed by atoms with Crippen LogP contribution >= 0.6 is 34.7 Å². The van der Waals surface area contributed by atoms with E-state index in [-0.39, 0.29) is 5.91 Å². The zero-order chi connectivity index (χ0) is 16.9. The summed E-state index contributed by atoms with van der Waals surface area (Å²) in [6.45, 7) is 0.623. The van der Waals surface area contributed by atoms with Gasteiger partial charge in [-0.3, -0.25) is 9.36 Å². The Kier molecular flexibility index (Phi) is 5.55. The summed E-state index contributed by atoms with van der Waals surface area (Å²) in [6, 6.07) is 11.4. The highest BCUT2D eigenvalue weighted by Crippen LogP contribution is 2.22. The Morgan fingerprint density at radius 3 is 3.00 bits per heavy atom. The maximum atomic E-state index is 12.3. The van der Waals surface area contributed by atoms with E-state index in [0.717, 1.165) is 10.6 Å². The Hall–Kier alpha value is -1.83. The van der Waals surface area contributed by atoms with E-state index in [2.05, 4.69) is 10.2 Å². The number of hydrogen-bond acceptors (Lipinski definition) is 5. The fourth-order valence-corrected chi connectivity index (χ4v) is 3.90. The lowest BCUT2D eigenvalue weighted by molar-refractivity contribution is -0.127. The maximum absolute atomic E-state index is 12.3. The average molecular weight is 379 g/mol. The molecule has 24 heavy (non-hydrogen) atoms. The molecule has 3 rings (SSSR count). The zero-order valence-electron chi connectivity index (χ0n) is 12.9. The molecular weight excluding hydrogens is 364 g/mol. The van der Waals surface area contributed by atoms with Crippen LogP contribution in [0.2, 0.25) is 5.02 Å². The Bertz CT molecular complexity index is 819. The van der Waals surface area contributed by atoms with Crippen LogP contribution in [0.25, 0.3) is 5.69 Å². The largest absolute Gasteiger partial charge is 0.340 e. The molecule has 0 saturated heterocycles. The van der Waals surface area contributed by atoms with Gasteiger partial charge in [0.1, 0.15) is 6.33 Å². The summed E-state index contributed by atoms with van der Waals surface area (Å²) < 4.78 is 1.82. The minimum absolute atomic E-state index is 0.0500. The lowest BCUT2D eigenvalue weighted by atomic mass is 10.3. The zero-order valence-corrected chi connectivity index (χ0v) is 15.3. The highest BCUT2D eigenvalue weighted by molar-refractivity contribution is 7.99. The van der Waals surface area contributed by atoms with Gasteiger partial charge in [-0.25, -0.2) is 0 Å². The van der Waals surface area contributed by atoms with Crippen molar-refractivity contribution in [1.82, 2.24) is 19.7 Å². The second-order valence-electron chi connectivity index (χ2n) is 5.08. The van der Waals surface area contributed by atoms with Gasteiger partial charge in [0.2, 0.25) is 5.91 Å². The number of amides is 1. The van der Waals surface area contributed by atoms with E-state index in [0.29, 0.717) is 22.5 Å². The quantitative estimate of drug-likeness (QED) is 0.613. The highest BCUT2D eigenvalue weighted by Gasteiger charge is 2.14. The van der Waals surface area contributed by atoms with E-state index in [1.807, 2.05) is 53.4 Å². The SMILES string of the molecule is CN(Cc1cccs1)C(=O)CSc1nncn1-c1cccc(Cl)c1. The number of benzene rings is 1. The number of rotatable bonds is 6. The summed E-state index contributed by atoms with van der Waals surface area (Å²) in [4.78, 5) is 15.2. The van der Waals surface area contributed by atoms with E-state index >= 15 is 0 Å². The van der Waals surface area contributed by atoms with Crippen molar-refractivity contribution in [2.75, 3.05) is 12.8 Å². The summed E-state index contributed by atoms with van der Waals surface area (Å²) in [5.41, 5.74) is 0.870. The molecule has 0 atom stereocenters. The molecule has 0 aliphatic heterocycles. The van der Waals surface area contributed by atoms with Crippen molar-refractivity contribution < 1.29 is 4.79 Å². The summed E-state index contributed by atoms with van der Waals surface area (Å²) in [7, 11) is 1.81. The summed E-state index contributed by atoms with van der Waals surface area (Å²) >= 11 is 9.04. The molecule has 1 aromatic carbocycles. The van der Waals surface area contributed by atoms with Crippen molar-refractivity contribution in [2.24, 2.45) is 0 Å². The van der Waals surface area contributed by atoms with Crippen LogP contribution in [0.4, 0.5) is 0 Å². The second-order valence-corrected chi connectivity index (χ2v) is 7.49. The average Bonchev–Trinajstić information content (AvgIpc) is 3.23. The molecule has 0 bridgehead atoms. The van der Waals surface area contributed by atoms with Gasteiger partial charge in [-0.2, -0.15) is 0 Å². The molecule has 2 heterocycles. The predicted octanol–water partition coefficient (Wildman–Crippen LogP) is 3.73. The van der Waals surface area contributed by atoms with Crippen molar-refractivity contribution in [3.63, 3.8) is 0 Å². The van der Waals surface area contributed by atoms with E-state index in [9.17, 15) is 4.79 Å². The van der Waals surface area contributed by atoms with Crippen molar-refractivity contribution in [2.45, 2.75) is 11.7 Å². The summed E-state index contributed by atoms with van der Waals surface area (Å²) in [6.07, 6.45) is 1.62. The predicted molar refractivity (Wildman–Crippen MR) is 97.9 cm³/mol. The molecule has 124 valence electrons. The number of nitrogens with zero attached hydrogens (tertiary/aromatic N) is 4. The maximum Gasteiger partial charge on any atom is 0.233 e. The van der Waals surface area contributed by atoms with E-state index in [1.165, 1.54) is 11.8 Å². The monoisotopic (exact) mass is 378 g/mol. The Balaban J connectivity index is 1.63. The molecule has 3 aromatic rings. The van der Waals surface area contributed by atoms with Gasteiger partial charge < -0.3 is 4.90 Å². The highest BCUT2D eigenvalue weighted by atomic mass is 35.5. The molecule has 0 N–H and O–H groups in total. The molecule has 5 nitrogen and oxygen atoms in total. The lowest BCUT2D eigenvalue weighted by Crippen LogP contribution is -2.27. The molecule has 0 unspecified atom stereocenters. The van der Waals surface area contributed by atoms with Gasteiger partial charge in [0.15, 0.2) is 5.16 Å². The van der Waals surface area contributed by atoms with Gasteiger partial charge in [0.05, 0.1) is 18.0 Å². The second kappa shape index (κ2) is 7.83. The van der Waals surface area contributed by atoms with Crippen molar-refractivity contribution in [1.29, 1.82) is 0 Å². The molecule has 0 fully saturated rings. The third-order valence-electron chi connectivity index (χ3n) is 3.33. The third kappa shape index (κ3) is 4.17. The molecule has 2 aromatic heterocycles. The van der Waals surface area contributed by atoms with Crippen LogP contribution in [0, 0.1) is 0 Å². The number of thioether (sulfide) groups is 1. The third-order valence-corrected chi connectivity index (χ3v) is 5.35. The summed E-state index contributed by atoms with van der Waals surface area (Å²) in [5.74, 6) is 0.357. The van der Waals surface area contributed by atoms with E-state index in [1.54, 1.807) is 22.6 Å². The van der Waals surface area contributed by atoms with Crippen LogP contribution in [0.5, 0.6) is 0 Å². The summed E-state index contributed by atoms with van der Waals surface area (Å²) in [5, 5.41) is 11.3. The van der Waals surface area contributed by atoms with Crippen LogP contribution in [-0.4, -0.2) is 38.4 Å². The molecule has 1 amide bonds. The first-order chi connectivity index (χ1) is 11.6. The number of carbonyl (C=O) groups is 1. The Morgan fingerprint density at radius 2 is 2.25 bits per heavy atom. The van der Waals surface area contributed by atoms with Gasteiger partial charge >= 0.3 is 0 Å². The van der Waals surface area contributed by atoms with E-state index in [4.69, 9.17) is 11.6 Å². The first-order valence-electron chi connectivity index (χ1n) is 7.18. The number of halogens is 1. The Labute approximate surface area is 153 Å². The van der Waals surface area contributed by atoms with Crippen LogP contribution in [-0.2, 0) is 11.3 Å². The molecule has 0 aliphatic carbocycles. The molecular formula is C16H15ClN4OS2. The van der Waals surface area contributed by atoms with Crippen molar-refractivity contribution in [3.8, 4) is 5.69 Å². The van der Waals surface area contributed by atoms with Gasteiger partial charge in [-0.15, -0.1) is 21.5 Å². The fraction of sp³-hybridized carbons (Fsp3) is 0.188. The number of aromatic nitrogens is 3. The van der Waals surface area contributed by atoms with Gasteiger partial charge in [-0.05, 0) is 29.6 Å². The molecule has 0 spiro atoms. The number of hydrogen-bond donors (Lipinski definition) is 0. The van der Waals surface area contributed by atoms with Crippen LogP contribution in [0.1, 0.15) is 4.88 Å². The first-order valence-corrected chi connectivity index (χ1v) is 9.43. The topological polar surface area (TPSA) is 51.0 Å². The van der Waals surface area contributed by atoms with Crippen LogP contribution in [0.3, 0.4) is 0 Å². The normalized spacial score (nSPS) is 10.8. The van der Waals surface area contributed by atoms with Gasteiger partial charge in [-0.1, -0.05) is 35.5 Å². The first kappa shape index (κ1) is 17.0. The number of carbonyl (C=O) groups excluding carboxylic acids is 1. The minimum Gasteiger partial charge on any atom is -0.340 e. The van der Waals surface area contributed by atoms with Crippen molar-refractivity contribution in [3.05, 3.63) is 58.0 Å². The standard InChI is InChI=1S/C16H15ClN4OS2/c1-20(9-14-6-3-7-23-14)15(22)10-24-16-19-18-11-21(16)13-5-2-4-12(17)8-13/h2-8,11H,9-10H2,1H3. The smallest absolute Gasteiger partial charge is 0.233 e. The minimum atomic E-state index is 0.0500. The molecule has 0 saturated carbocycles. The fourth-order valence-electron chi connectivity index (χ4n) is 2.09. The van der Waals surface area contributed by atoms with E-state index < -0.39 is 0 Å². The molecule has 0 radical (unpaired) electrons. The molecule has 8 heteroatoms. The van der Waals surface area contributed by atoms with Crippen molar-refractivity contribution >= 4 is 40.6 Å². The van der Waals surface area contributed by atoms with Gasteiger partial charge in [0, 0.05) is 16.9 Å². The van der Waals surface area contributed by atoms with Gasteiger partial charge in [0.25, 0.3) is 0 Å². The molecule has 0 aliphatic rings. The lowest BCUT2D eigenvalue weighted by Gasteiger charge is -2.15.